The normalized spacial score (nSPS) is 12.5. The Bertz CT molecular complexity index is 944. The van der Waals surface area contributed by atoms with Gasteiger partial charge in [0.15, 0.2) is 0 Å². The summed E-state index contributed by atoms with van der Waals surface area (Å²) in [6.07, 6.45) is 2.19. The Morgan fingerprint density at radius 3 is 2.68 bits per heavy atom. The van der Waals surface area contributed by atoms with Crippen LogP contribution in [0.25, 0.3) is 10.8 Å². The Balaban J connectivity index is 1.42. The lowest BCUT2D eigenvalue weighted by atomic mass is 10.0. The minimum Gasteiger partial charge on any atom is -0.325 e. The fraction of sp³-hybridized carbons (Fsp3) is 0.190. The third-order valence-corrected chi connectivity index (χ3v) is 5.78. The van der Waals surface area contributed by atoms with E-state index >= 15 is 0 Å². The average molecular weight is 368 g/mol. The number of carbonyl (C=O) groups is 1. The van der Waals surface area contributed by atoms with E-state index in [2.05, 4.69) is 29.6 Å². The standard InChI is InChI=1S/C21H18ClNOS/c22-17-5-1-3-14(11-17)12-25-13-20(24)23-19-10-9-16-8-7-15-4-2-6-18(19)21(15)16/h1-6,9-11H,7-8,12-13H2,(H,23,24). The quantitative estimate of drug-likeness (QED) is 0.648. The van der Waals surface area contributed by atoms with Gasteiger partial charge in [-0.05, 0) is 53.1 Å². The summed E-state index contributed by atoms with van der Waals surface area (Å²) in [4.78, 5) is 12.3. The summed E-state index contributed by atoms with van der Waals surface area (Å²) in [5, 5.41) is 6.29. The topological polar surface area (TPSA) is 29.1 Å². The number of amides is 1. The lowest BCUT2D eigenvalue weighted by Gasteiger charge is -2.10. The molecule has 25 heavy (non-hydrogen) atoms. The molecule has 0 radical (unpaired) electrons. The van der Waals surface area contributed by atoms with Gasteiger partial charge in [-0.1, -0.05) is 48.0 Å². The molecule has 0 fully saturated rings. The van der Waals surface area contributed by atoms with Crippen molar-refractivity contribution in [2.24, 2.45) is 0 Å². The zero-order valence-electron chi connectivity index (χ0n) is 13.7. The Kier molecular flexibility index (Phi) is 4.69. The number of aryl methyl sites for hydroxylation is 2. The van der Waals surface area contributed by atoms with Crippen molar-refractivity contribution in [3.05, 3.63) is 76.3 Å². The number of carbonyl (C=O) groups excluding carboxylic acids is 1. The molecule has 4 rings (SSSR count). The molecule has 0 aromatic heterocycles. The number of halogens is 1. The van der Waals surface area contributed by atoms with Gasteiger partial charge in [0.2, 0.25) is 5.91 Å². The van der Waals surface area contributed by atoms with Crippen LogP contribution >= 0.6 is 23.4 Å². The smallest absolute Gasteiger partial charge is 0.234 e. The highest BCUT2D eigenvalue weighted by atomic mass is 35.5. The highest BCUT2D eigenvalue weighted by molar-refractivity contribution is 7.99. The van der Waals surface area contributed by atoms with Gasteiger partial charge in [-0.15, -0.1) is 11.8 Å². The van der Waals surface area contributed by atoms with Gasteiger partial charge in [0.25, 0.3) is 0 Å². The number of nitrogens with one attached hydrogen (secondary N) is 1. The predicted octanol–water partition coefficient (Wildman–Crippen LogP) is 5.46. The first-order chi connectivity index (χ1) is 12.2. The fourth-order valence-electron chi connectivity index (χ4n) is 3.43. The minimum atomic E-state index is 0.0331. The van der Waals surface area contributed by atoms with Crippen molar-refractivity contribution < 1.29 is 4.79 Å². The van der Waals surface area contributed by atoms with E-state index in [1.54, 1.807) is 11.8 Å². The monoisotopic (exact) mass is 367 g/mol. The maximum absolute atomic E-state index is 12.3. The second-order valence-electron chi connectivity index (χ2n) is 6.28. The summed E-state index contributed by atoms with van der Waals surface area (Å²) in [5.74, 6) is 1.23. The average Bonchev–Trinajstić information content (AvgIpc) is 3.02. The van der Waals surface area contributed by atoms with E-state index < -0.39 is 0 Å². The highest BCUT2D eigenvalue weighted by Gasteiger charge is 2.16. The lowest BCUT2D eigenvalue weighted by molar-refractivity contribution is -0.113. The van der Waals surface area contributed by atoms with Crippen LogP contribution in [0.4, 0.5) is 5.69 Å². The molecule has 0 atom stereocenters. The molecule has 126 valence electrons. The maximum Gasteiger partial charge on any atom is 0.234 e. The van der Waals surface area contributed by atoms with Crippen LogP contribution in [0.2, 0.25) is 5.02 Å². The Morgan fingerprint density at radius 1 is 1.04 bits per heavy atom. The number of anilines is 1. The molecule has 0 saturated carbocycles. The second kappa shape index (κ2) is 7.11. The second-order valence-corrected chi connectivity index (χ2v) is 7.70. The third-order valence-electron chi connectivity index (χ3n) is 4.54. The Morgan fingerprint density at radius 2 is 1.84 bits per heavy atom. The zero-order chi connectivity index (χ0) is 17.2. The molecule has 0 unspecified atom stereocenters. The number of rotatable bonds is 5. The molecule has 0 saturated heterocycles. The van der Waals surface area contributed by atoms with Gasteiger partial charge < -0.3 is 5.32 Å². The number of thioether (sulfide) groups is 1. The summed E-state index contributed by atoms with van der Waals surface area (Å²) >= 11 is 7.59. The van der Waals surface area contributed by atoms with Crippen LogP contribution in [0.3, 0.4) is 0 Å². The Hall–Kier alpha value is -1.97. The van der Waals surface area contributed by atoms with E-state index in [1.807, 2.05) is 30.3 Å². The number of hydrogen-bond acceptors (Lipinski definition) is 2. The number of benzene rings is 3. The molecular weight excluding hydrogens is 350 g/mol. The van der Waals surface area contributed by atoms with Crippen LogP contribution in [0.1, 0.15) is 16.7 Å². The summed E-state index contributed by atoms with van der Waals surface area (Å²) < 4.78 is 0. The van der Waals surface area contributed by atoms with Gasteiger partial charge >= 0.3 is 0 Å². The van der Waals surface area contributed by atoms with E-state index in [0.717, 1.165) is 40.3 Å². The summed E-state index contributed by atoms with van der Waals surface area (Å²) in [6.45, 7) is 0. The summed E-state index contributed by atoms with van der Waals surface area (Å²) in [6, 6.07) is 18.3. The molecule has 1 amide bonds. The van der Waals surface area contributed by atoms with E-state index in [-0.39, 0.29) is 5.91 Å². The molecule has 1 aliphatic carbocycles. The van der Waals surface area contributed by atoms with E-state index in [0.29, 0.717) is 5.75 Å². The Labute approximate surface area is 156 Å². The van der Waals surface area contributed by atoms with Gasteiger partial charge in [0.05, 0.1) is 5.75 Å². The van der Waals surface area contributed by atoms with E-state index in [9.17, 15) is 4.79 Å². The minimum absolute atomic E-state index is 0.0331. The van der Waals surface area contributed by atoms with E-state index in [1.165, 1.54) is 16.5 Å². The lowest BCUT2D eigenvalue weighted by Crippen LogP contribution is -2.14. The molecule has 3 aromatic carbocycles. The third kappa shape index (κ3) is 3.53. The van der Waals surface area contributed by atoms with Crippen LogP contribution in [0.15, 0.2) is 54.6 Å². The van der Waals surface area contributed by atoms with Gasteiger partial charge in [-0.3, -0.25) is 4.79 Å². The molecule has 0 bridgehead atoms. The first-order valence-electron chi connectivity index (χ1n) is 8.36. The van der Waals surface area contributed by atoms with Crippen molar-refractivity contribution >= 4 is 45.7 Å². The van der Waals surface area contributed by atoms with Gasteiger partial charge in [-0.2, -0.15) is 0 Å². The maximum atomic E-state index is 12.3. The predicted molar refractivity (Wildman–Crippen MR) is 108 cm³/mol. The number of hydrogen-bond donors (Lipinski definition) is 1. The molecule has 2 nitrogen and oxygen atoms in total. The van der Waals surface area contributed by atoms with Crippen molar-refractivity contribution in [2.45, 2.75) is 18.6 Å². The van der Waals surface area contributed by atoms with Crippen LogP contribution in [0.5, 0.6) is 0 Å². The molecule has 1 aliphatic rings. The van der Waals surface area contributed by atoms with Crippen molar-refractivity contribution in [1.82, 2.24) is 0 Å². The highest BCUT2D eigenvalue weighted by Crippen LogP contribution is 2.35. The summed E-state index contributed by atoms with van der Waals surface area (Å²) in [7, 11) is 0. The first kappa shape index (κ1) is 16.5. The molecule has 4 heteroatoms. The van der Waals surface area contributed by atoms with Crippen molar-refractivity contribution in [2.75, 3.05) is 11.1 Å². The fourth-order valence-corrected chi connectivity index (χ4v) is 4.42. The van der Waals surface area contributed by atoms with E-state index in [4.69, 9.17) is 11.6 Å². The largest absolute Gasteiger partial charge is 0.325 e. The molecule has 0 aliphatic heterocycles. The van der Waals surface area contributed by atoms with Crippen LogP contribution < -0.4 is 5.32 Å². The van der Waals surface area contributed by atoms with Crippen molar-refractivity contribution in [3.63, 3.8) is 0 Å². The van der Waals surface area contributed by atoms with Crippen LogP contribution in [-0.4, -0.2) is 11.7 Å². The summed E-state index contributed by atoms with van der Waals surface area (Å²) in [5.41, 5.74) is 4.82. The van der Waals surface area contributed by atoms with Gasteiger partial charge in [-0.25, -0.2) is 0 Å². The first-order valence-corrected chi connectivity index (χ1v) is 9.89. The SMILES string of the molecule is O=C(CSCc1cccc(Cl)c1)Nc1ccc2c3c(cccc13)CC2. The van der Waals surface area contributed by atoms with Gasteiger partial charge in [0.1, 0.15) is 0 Å². The molecule has 1 N–H and O–H groups in total. The molecule has 0 heterocycles. The molecule has 0 spiro atoms. The molecular formula is C21H18ClNOS. The van der Waals surface area contributed by atoms with Crippen LogP contribution in [-0.2, 0) is 23.4 Å². The zero-order valence-corrected chi connectivity index (χ0v) is 15.3. The van der Waals surface area contributed by atoms with Crippen molar-refractivity contribution in [1.29, 1.82) is 0 Å². The van der Waals surface area contributed by atoms with Crippen LogP contribution in [0, 0.1) is 0 Å². The van der Waals surface area contributed by atoms with Gasteiger partial charge in [0, 0.05) is 21.8 Å². The molecule has 3 aromatic rings. The van der Waals surface area contributed by atoms with Crippen molar-refractivity contribution in [3.8, 4) is 0 Å².